The molecule has 3 heterocycles. The Morgan fingerprint density at radius 2 is 2.05 bits per heavy atom. The maximum atomic E-state index is 11.9. The van der Waals surface area contributed by atoms with E-state index in [0.29, 0.717) is 18.5 Å². The third kappa shape index (κ3) is 2.51. The van der Waals surface area contributed by atoms with Gasteiger partial charge in [0.1, 0.15) is 5.82 Å². The minimum atomic E-state index is -0.0896. The molecular formula is C15H14N4O. The molecule has 5 heteroatoms. The Bertz CT molecular complexity index is 721. The lowest BCUT2D eigenvalue weighted by Gasteiger charge is -2.04. The molecule has 1 amide bonds. The van der Waals surface area contributed by atoms with Crippen LogP contribution in [0.5, 0.6) is 0 Å². The molecule has 0 fully saturated rings. The first-order chi connectivity index (χ1) is 9.84. The molecule has 0 atom stereocenters. The molecule has 1 N–H and O–H groups in total. The van der Waals surface area contributed by atoms with Gasteiger partial charge in [-0.15, -0.1) is 0 Å². The van der Waals surface area contributed by atoms with Gasteiger partial charge in [-0.25, -0.2) is 4.98 Å². The minimum Gasteiger partial charge on any atom is -0.352 e. The molecule has 0 aromatic carbocycles. The lowest BCUT2D eigenvalue weighted by atomic mass is 10.2. The minimum absolute atomic E-state index is 0.0896. The summed E-state index contributed by atoms with van der Waals surface area (Å²) in [5.74, 6) is 0.851. The van der Waals surface area contributed by atoms with Crippen molar-refractivity contribution in [3.05, 3.63) is 66.5 Å². The molecule has 20 heavy (non-hydrogen) atoms. The Kier molecular flexibility index (Phi) is 3.41. The Hall–Kier alpha value is -2.69. The maximum absolute atomic E-state index is 11.9. The van der Waals surface area contributed by atoms with Crippen LogP contribution in [-0.2, 0) is 6.42 Å². The molecule has 100 valence electrons. The SMILES string of the molecule is O=C(NCCc1ncc2ccccn12)c1ccncc1. The number of rotatable bonds is 4. The van der Waals surface area contributed by atoms with E-state index in [2.05, 4.69) is 15.3 Å². The van der Waals surface area contributed by atoms with Crippen LogP contribution in [0, 0.1) is 0 Å². The average Bonchev–Trinajstić information content (AvgIpc) is 2.92. The highest BCUT2D eigenvalue weighted by atomic mass is 16.1. The smallest absolute Gasteiger partial charge is 0.251 e. The number of carbonyl (C=O) groups is 1. The molecule has 0 unspecified atom stereocenters. The van der Waals surface area contributed by atoms with Crippen molar-refractivity contribution in [3.8, 4) is 0 Å². The van der Waals surface area contributed by atoms with Gasteiger partial charge in [0, 0.05) is 37.1 Å². The third-order valence-electron chi connectivity index (χ3n) is 3.09. The fourth-order valence-corrected chi connectivity index (χ4v) is 2.08. The highest BCUT2D eigenvalue weighted by Crippen LogP contribution is 2.06. The van der Waals surface area contributed by atoms with Gasteiger partial charge >= 0.3 is 0 Å². The number of hydrogen-bond acceptors (Lipinski definition) is 3. The number of aromatic nitrogens is 3. The lowest BCUT2D eigenvalue weighted by molar-refractivity contribution is 0.0954. The fraction of sp³-hybridized carbons (Fsp3) is 0.133. The van der Waals surface area contributed by atoms with E-state index >= 15 is 0 Å². The predicted molar refractivity (Wildman–Crippen MR) is 75.5 cm³/mol. The van der Waals surface area contributed by atoms with Crippen molar-refractivity contribution >= 4 is 11.4 Å². The maximum Gasteiger partial charge on any atom is 0.251 e. The van der Waals surface area contributed by atoms with E-state index in [4.69, 9.17) is 0 Å². The molecule has 0 aliphatic rings. The van der Waals surface area contributed by atoms with Crippen LogP contribution in [0.1, 0.15) is 16.2 Å². The van der Waals surface area contributed by atoms with Gasteiger partial charge in [-0.05, 0) is 24.3 Å². The Morgan fingerprint density at radius 3 is 2.90 bits per heavy atom. The molecule has 0 spiro atoms. The van der Waals surface area contributed by atoms with Crippen LogP contribution in [-0.4, -0.2) is 26.8 Å². The monoisotopic (exact) mass is 266 g/mol. The first-order valence-electron chi connectivity index (χ1n) is 6.44. The third-order valence-corrected chi connectivity index (χ3v) is 3.09. The van der Waals surface area contributed by atoms with Gasteiger partial charge in [-0.2, -0.15) is 0 Å². The summed E-state index contributed by atoms with van der Waals surface area (Å²) in [4.78, 5) is 20.1. The normalized spacial score (nSPS) is 10.6. The zero-order valence-corrected chi connectivity index (χ0v) is 10.9. The van der Waals surface area contributed by atoms with Crippen molar-refractivity contribution in [1.82, 2.24) is 19.7 Å². The number of nitrogens with one attached hydrogen (secondary N) is 1. The van der Waals surface area contributed by atoms with Crippen molar-refractivity contribution in [3.63, 3.8) is 0 Å². The van der Waals surface area contributed by atoms with Gasteiger partial charge in [0.05, 0.1) is 11.7 Å². The molecule has 5 nitrogen and oxygen atoms in total. The Morgan fingerprint density at radius 1 is 1.20 bits per heavy atom. The standard InChI is InChI=1S/C15H14N4O/c20-15(12-4-7-16-8-5-12)17-9-6-14-18-11-13-3-1-2-10-19(13)14/h1-5,7-8,10-11H,6,9H2,(H,17,20). The fourth-order valence-electron chi connectivity index (χ4n) is 2.08. The second-order valence-corrected chi connectivity index (χ2v) is 4.41. The van der Waals surface area contributed by atoms with Gasteiger partial charge in [-0.1, -0.05) is 6.07 Å². The van der Waals surface area contributed by atoms with E-state index < -0.39 is 0 Å². The predicted octanol–water partition coefficient (Wildman–Crippen LogP) is 1.70. The number of pyridine rings is 2. The van der Waals surface area contributed by atoms with Crippen molar-refractivity contribution in [2.75, 3.05) is 6.54 Å². The van der Waals surface area contributed by atoms with Crippen LogP contribution < -0.4 is 5.32 Å². The first-order valence-corrected chi connectivity index (χ1v) is 6.44. The molecule has 3 aromatic rings. The zero-order valence-electron chi connectivity index (χ0n) is 10.9. The quantitative estimate of drug-likeness (QED) is 0.782. The van der Waals surface area contributed by atoms with Crippen LogP contribution in [0.15, 0.2) is 55.1 Å². The van der Waals surface area contributed by atoms with Crippen molar-refractivity contribution < 1.29 is 4.79 Å². The van der Waals surface area contributed by atoms with E-state index in [1.165, 1.54) is 0 Å². The number of carbonyl (C=O) groups excluding carboxylic acids is 1. The zero-order chi connectivity index (χ0) is 13.8. The summed E-state index contributed by atoms with van der Waals surface area (Å²) in [6, 6.07) is 9.34. The first kappa shape index (κ1) is 12.3. The van der Waals surface area contributed by atoms with Gasteiger partial charge in [0.2, 0.25) is 0 Å². The van der Waals surface area contributed by atoms with Crippen LogP contribution in [0.3, 0.4) is 0 Å². The number of hydrogen-bond donors (Lipinski definition) is 1. The molecular weight excluding hydrogens is 252 g/mol. The molecule has 0 saturated heterocycles. The summed E-state index contributed by atoms with van der Waals surface area (Å²) < 4.78 is 2.03. The molecule has 0 radical (unpaired) electrons. The van der Waals surface area contributed by atoms with Crippen molar-refractivity contribution in [2.24, 2.45) is 0 Å². The largest absolute Gasteiger partial charge is 0.352 e. The molecule has 0 aliphatic carbocycles. The molecule has 3 rings (SSSR count). The average molecular weight is 266 g/mol. The highest BCUT2D eigenvalue weighted by molar-refractivity contribution is 5.93. The van der Waals surface area contributed by atoms with Gasteiger partial charge < -0.3 is 9.72 Å². The Labute approximate surface area is 116 Å². The second-order valence-electron chi connectivity index (χ2n) is 4.41. The highest BCUT2D eigenvalue weighted by Gasteiger charge is 2.06. The summed E-state index contributed by atoms with van der Waals surface area (Å²) in [6.45, 7) is 0.551. The summed E-state index contributed by atoms with van der Waals surface area (Å²) in [7, 11) is 0. The molecule has 3 aromatic heterocycles. The molecule has 0 bridgehead atoms. The van der Waals surface area contributed by atoms with Crippen LogP contribution in [0.4, 0.5) is 0 Å². The van der Waals surface area contributed by atoms with E-state index in [1.54, 1.807) is 24.5 Å². The number of nitrogens with zero attached hydrogens (tertiary/aromatic N) is 3. The number of imidazole rings is 1. The van der Waals surface area contributed by atoms with E-state index in [1.807, 2.05) is 35.0 Å². The van der Waals surface area contributed by atoms with Crippen molar-refractivity contribution in [1.29, 1.82) is 0 Å². The summed E-state index contributed by atoms with van der Waals surface area (Å²) in [5, 5.41) is 2.88. The van der Waals surface area contributed by atoms with Crippen LogP contribution in [0.25, 0.3) is 5.52 Å². The Balaban J connectivity index is 1.62. The van der Waals surface area contributed by atoms with Gasteiger partial charge in [0.15, 0.2) is 0 Å². The van der Waals surface area contributed by atoms with E-state index in [0.717, 1.165) is 11.3 Å². The second kappa shape index (κ2) is 5.52. The summed E-state index contributed by atoms with van der Waals surface area (Å²) in [6.07, 6.45) is 7.71. The van der Waals surface area contributed by atoms with Crippen molar-refractivity contribution in [2.45, 2.75) is 6.42 Å². The number of fused-ring (bicyclic) bond motifs is 1. The number of amides is 1. The van der Waals surface area contributed by atoms with Crippen LogP contribution >= 0.6 is 0 Å². The molecule has 0 saturated carbocycles. The van der Waals surface area contributed by atoms with Gasteiger partial charge in [0.25, 0.3) is 5.91 Å². The topological polar surface area (TPSA) is 59.3 Å². The molecule has 0 aliphatic heterocycles. The summed E-state index contributed by atoms with van der Waals surface area (Å²) in [5.41, 5.74) is 1.68. The summed E-state index contributed by atoms with van der Waals surface area (Å²) >= 11 is 0. The van der Waals surface area contributed by atoms with Gasteiger partial charge in [-0.3, -0.25) is 9.78 Å². The van der Waals surface area contributed by atoms with E-state index in [-0.39, 0.29) is 5.91 Å². The lowest BCUT2D eigenvalue weighted by Crippen LogP contribution is -2.26. The van der Waals surface area contributed by atoms with E-state index in [9.17, 15) is 4.79 Å². The van der Waals surface area contributed by atoms with Crippen LogP contribution in [0.2, 0.25) is 0 Å².